The van der Waals surface area contributed by atoms with E-state index in [0.717, 1.165) is 29.3 Å². The van der Waals surface area contributed by atoms with E-state index in [2.05, 4.69) is 11.9 Å². The van der Waals surface area contributed by atoms with Gasteiger partial charge in [0.1, 0.15) is 22.9 Å². The van der Waals surface area contributed by atoms with Crippen molar-refractivity contribution in [3.05, 3.63) is 41.8 Å². The SMILES string of the molecule is CCc1ccc(-c2nc3cccc(C)n3c2N)o1. The highest BCUT2D eigenvalue weighted by molar-refractivity contribution is 5.72. The zero-order valence-corrected chi connectivity index (χ0v) is 10.5. The fraction of sp³-hybridized carbons (Fsp3) is 0.214. The highest BCUT2D eigenvalue weighted by Gasteiger charge is 2.15. The van der Waals surface area contributed by atoms with Crippen LogP contribution in [-0.4, -0.2) is 9.38 Å². The predicted octanol–water partition coefficient (Wildman–Crippen LogP) is 3.05. The first-order chi connectivity index (χ1) is 8.70. The molecule has 0 fully saturated rings. The minimum absolute atomic E-state index is 0.625. The summed E-state index contributed by atoms with van der Waals surface area (Å²) in [4.78, 5) is 4.54. The van der Waals surface area contributed by atoms with Crippen molar-refractivity contribution in [2.24, 2.45) is 0 Å². The standard InChI is InChI=1S/C14H15N3O/c1-3-10-7-8-11(18-10)13-14(15)17-9(2)5-4-6-12(17)16-13/h4-8H,3,15H2,1-2H3. The monoisotopic (exact) mass is 241 g/mol. The van der Waals surface area contributed by atoms with Crippen molar-refractivity contribution in [1.29, 1.82) is 0 Å². The number of nitrogen functional groups attached to an aromatic ring is 1. The third-order valence-electron chi connectivity index (χ3n) is 3.12. The van der Waals surface area contributed by atoms with E-state index in [0.29, 0.717) is 11.5 Å². The van der Waals surface area contributed by atoms with E-state index >= 15 is 0 Å². The molecule has 0 saturated carbocycles. The predicted molar refractivity (Wildman–Crippen MR) is 71.4 cm³/mol. The molecule has 0 radical (unpaired) electrons. The van der Waals surface area contributed by atoms with E-state index in [1.165, 1.54) is 0 Å². The van der Waals surface area contributed by atoms with Gasteiger partial charge in [-0.3, -0.25) is 4.40 Å². The Morgan fingerprint density at radius 2 is 2.11 bits per heavy atom. The summed E-state index contributed by atoms with van der Waals surface area (Å²) in [6, 6.07) is 9.81. The molecule has 0 aliphatic carbocycles. The van der Waals surface area contributed by atoms with Crippen LogP contribution in [0.2, 0.25) is 0 Å². The van der Waals surface area contributed by atoms with Crippen LogP contribution in [-0.2, 0) is 6.42 Å². The number of nitrogens with zero attached hydrogens (tertiary/aromatic N) is 2. The Labute approximate surface area is 105 Å². The summed E-state index contributed by atoms with van der Waals surface area (Å²) in [6.07, 6.45) is 0.867. The lowest BCUT2D eigenvalue weighted by molar-refractivity contribution is 0.528. The van der Waals surface area contributed by atoms with Gasteiger partial charge in [-0.1, -0.05) is 13.0 Å². The van der Waals surface area contributed by atoms with Gasteiger partial charge in [-0.25, -0.2) is 4.98 Å². The maximum Gasteiger partial charge on any atom is 0.156 e. The van der Waals surface area contributed by atoms with Crippen molar-refractivity contribution in [2.75, 3.05) is 5.73 Å². The minimum Gasteiger partial charge on any atom is -0.459 e. The topological polar surface area (TPSA) is 56.5 Å². The van der Waals surface area contributed by atoms with Crippen LogP contribution >= 0.6 is 0 Å². The number of nitrogens with two attached hydrogens (primary N) is 1. The Kier molecular flexibility index (Phi) is 2.37. The number of hydrogen-bond acceptors (Lipinski definition) is 3. The van der Waals surface area contributed by atoms with Crippen LogP contribution < -0.4 is 5.73 Å². The van der Waals surface area contributed by atoms with Crippen molar-refractivity contribution in [1.82, 2.24) is 9.38 Å². The summed E-state index contributed by atoms with van der Waals surface area (Å²) in [5.41, 5.74) is 8.78. The lowest BCUT2D eigenvalue weighted by Crippen LogP contribution is -1.96. The molecule has 0 atom stereocenters. The largest absolute Gasteiger partial charge is 0.459 e. The molecule has 4 heteroatoms. The van der Waals surface area contributed by atoms with Crippen molar-refractivity contribution in [2.45, 2.75) is 20.3 Å². The van der Waals surface area contributed by atoms with E-state index < -0.39 is 0 Å². The Balaban J connectivity index is 2.23. The molecule has 0 aliphatic heterocycles. The molecule has 18 heavy (non-hydrogen) atoms. The molecular weight excluding hydrogens is 226 g/mol. The van der Waals surface area contributed by atoms with Gasteiger partial charge in [0.25, 0.3) is 0 Å². The van der Waals surface area contributed by atoms with Crippen LogP contribution in [0.15, 0.2) is 34.7 Å². The van der Waals surface area contributed by atoms with Gasteiger partial charge in [0.2, 0.25) is 0 Å². The number of rotatable bonds is 2. The van der Waals surface area contributed by atoms with Gasteiger partial charge < -0.3 is 10.2 Å². The van der Waals surface area contributed by atoms with Crippen LogP contribution in [0.25, 0.3) is 17.1 Å². The highest BCUT2D eigenvalue weighted by atomic mass is 16.3. The van der Waals surface area contributed by atoms with Crippen molar-refractivity contribution < 1.29 is 4.42 Å². The lowest BCUT2D eigenvalue weighted by Gasteiger charge is -2.00. The number of imidazole rings is 1. The zero-order valence-electron chi connectivity index (χ0n) is 10.5. The summed E-state index contributed by atoms with van der Waals surface area (Å²) < 4.78 is 7.65. The van der Waals surface area contributed by atoms with Crippen molar-refractivity contribution in [3.63, 3.8) is 0 Å². The Hall–Kier alpha value is -2.23. The first-order valence-corrected chi connectivity index (χ1v) is 6.03. The van der Waals surface area contributed by atoms with E-state index in [4.69, 9.17) is 10.2 Å². The summed E-state index contributed by atoms with van der Waals surface area (Å²) >= 11 is 0. The minimum atomic E-state index is 0.625. The van der Waals surface area contributed by atoms with E-state index in [-0.39, 0.29) is 0 Å². The molecule has 0 saturated heterocycles. The quantitative estimate of drug-likeness (QED) is 0.750. The summed E-state index contributed by atoms with van der Waals surface area (Å²) in [7, 11) is 0. The number of furan rings is 1. The third kappa shape index (κ3) is 1.49. The van der Waals surface area contributed by atoms with Gasteiger partial charge in [-0.2, -0.15) is 0 Å². The molecule has 92 valence electrons. The molecule has 0 unspecified atom stereocenters. The van der Waals surface area contributed by atoms with E-state index in [9.17, 15) is 0 Å². The maximum atomic E-state index is 6.16. The number of anilines is 1. The average molecular weight is 241 g/mol. The van der Waals surface area contributed by atoms with Crippen LogP contribution in [0.1, 0.15) is 18.4 Å². The average Bonchev–Trinajstić information content (AvgIpc) is 2.94. The maximum absolute atomic E-state index is 6.16. The van der Waals surface area contributed by atoms with Crippen LogP contribution in [0.5, 0.6) is 0 Å². The van der Waals surface area contributed by atoms with Gasteiger partial charge in [0.05, 0.1) is 0 Å². The van der Waals surface area contributed by atoms with Crippen LogP contribution in [0.3, 0.4) is 0 Å². The second-order valence-electron chi connectivity index (χ2n) is 4.33. The molecule has 3 heterocycles. The highest BCUT2D eigenvalue weighted by Crippen LogP contribution is 2.28. The number of fused-ring (bicyclic) bond motifs is 1. The van der Waals surface area contributed by atoms with Crippen molar-refractivity contribution in [3.8, 4) is 11.5 Å². The van der Waals surface area contributed by atoms with E-state index in [1.807, 2.05) is 41.7 Å². The fourth-order valence-electron chi connectivity index (χ4n) is 2.16. The second kappa shape index (κ2) is 3.91. The number of pyridine rings is 1. The number of aromatic nitrogens is 2. The molecule has 4 nitrogen and oxygen atoms in total. The normalized spacial score (nSPS) is 11.2. The molecule has 0 aromatic carbocycles. The number of hydrogen-bond donors (Lipinski definition) is 1. The molecule has 3 rings (SSSR count). The molecule has 0 amide bonds. The molecule has 0 spiro atoms. The van der Waals surface area contributed by atoms with E-state index in [1.54, 1.807) is 0 Å². The number of aryl methyl sites for hydroxylation is 2. The molecular formula is C14H15N3O. The molecule has 2 N–H and O–H groups in total. The zero-order chi connectivity index (χ0) is 12.7. The summed E-state index contributed by atoms with van der Waals surface area (Å²) in [6.45, 7) is 4.06. The summed E-state index contributed by atoms with van der Waals surface area (Å²) in [5.74, 6) is 2.30. The van der Waals surface area contributed by atoms with Gasteiger partial charge in [0, 0.05) is 12.1 Å². The molecule has 0 bridgehead atoms. The van der Waals surface area contributed by atoms with Gasteiger partial charge in [0.15, 0.2) is 5.76 Å². The fourth-order valence-corrected chi connectivity index (χ4v) is 2.16. The Morgan fingerprint density at radius 1 is 1.28 bits per heavy atom. The smallest absolute Gasteiger partial charge is 0.156 e. The van der Waals surface area contributed by atoms with Gasteiger partial charge in [-0.05, 0) is 31.2 Å². The summed E-state index contributed by atoms with van der Waals surface area (Å²) in [5, 5.41) is 0. The first kappa shape index (κ1) is 10.9. The molecule has 3 aromatic rings. The van der Waals surface area contributed by atoms with Gasteiger partial charge >= 0.3 is 0 Å². The molecule has 3 aromatic heterocycles. The first-order valence-electron chi connectivity index (χ1n) is 6.03. The second-order valence-corrected chi connectivity index (χ2v) is 4.33. The van der Waals surface area contributed by atoms with Crippen LogP contribution in [0.4, 0.5) is 5.82 Å². The van der Waals surface area contributed by atoms with Crippen LogP contribution in [0, 0.1) is 6.92 Å². The van der Waals surface area contributed by atoms with Crippen molar-refractivity contribution >= 4 is 11.5 Å². The Bertz CT molecular complexity index is 709. The Morgan fingerprint density at radius 3 is 2.78 bits per heavy atom. The molecule has 0 aliphatic rings. The van der Waals surface area contributed by atoms with Gasteiger partial charge in [-0.15, -0.1) is 0 Å². The third-order valence-corrected chi connectivity index (χ3v) is 3.12. The lowest BCUT2D eigenvalue weighted by atomic mass is 10.3.